The third-order valence-electron chi connectivity index (χ3n) is 5.54. The van der Waals surface area contributed by atoms with Gasteiger partial charge in [0.25, 0.3) is 5.91 Å². The van der Waals surface area contributed by atoms with Crippen molar-refractivity contribution in [3.8, 4) is 0 Å². The highest BCUT2D eigenvalue weighted by molar-refractivity contribution is 7.10. The molecule has 3 aliphatic heterocycles. The van der Waals surface area contributed by atoms with Crippen molar-refractivity contribution in [2.75, 3.05) is 23.3 Å². The number of alkyl halides is 3. The highest BCUT2D eigenvalue weighted by atomic mass is 32.1. The van der Waals surface area contributed by atoms with E-state index in [0.717, 1.165) is 31.7 Å². The number of carbonyl (C=O) groups is 1. The second kappa shape index (κ2) is 6.74. The molecule has 3 saturated heterocycles. The standard InChI is InChI=1S/C19H18F3N5OS/c20-19(21,22)17-14(7-8-29-17)24-18(28)15-5-3-12-4-6-16(25-27(12)15)26-10-11-1-2-13(26)9-23-11/h3-8,11,13,23H,1-2,9-10H2,(H,24,28)/t11-,13?/m0/s1. The molecule has 2 N–H and O–H groups in total. The fourth-order valence-electron chi connectivity index (χ4n) is 4.11. The monoisotopic (exact) mass is 421 g/mol. The molecule has 6 nitrogen and oxygen atoms in total. The first kappa shape index (κ1) is 18.4. The minimum Gasteiger partial charge on any atom is -0.349 e. The van der Waals surface area contributed by atoms with E-state index in [2.05, 4.69) is 20.6 Å². The first-order valence-corrected chi connectivity index (χ1v) is 10.2. The lowest BCUT2D eigenvalue weighted by atomic mass is 9.93. The van der Waals surface area contributed by atoms with Crippen LogP contribution in [0.4, 0.5) is 24.7 Å². The second-order valence-corrected chi connectivity index (χ2v) is 8.27. The molecule has 0 saturated carbocycles. The molecular weight excluding hydrogens is 403 g/mol. The minimum atomic E-state index is -4.51. The highest BCUT2D eigenvalue weighted by Crippen LogP contribution is 2.39. The molecule has 3 aliphatic rings. The normalized spacial score (nSPS) is 21.7. The summed E-state index contributed by atoms with van der Waals surface area (Å²) < 4.78 is 40.8. The maximum atomic E-state index is 13.1. The predicted octanol–water partition coefficient (Wildman–Crippen LogP) is 3.61. The van der Waals surface area contributed by atoms with E-state index in [1.165, 1.54) is 16.0 Å². The molecule has 6 rings (SSSR count). The maximum absolute atomic E-state index is 13.1. The van der Waals surface area contributed by atoms with Gasteiger partial charge < -0.3 is 15.5 Å². The Bertz CT molecular complexity index is 1070. The summed E-state index contributed by atoms with van der Waals surface area (Å²) in [5.41, 5.74) is 0.667. The van der Waals surface area contributed by atoms with Gasteiger partial charge in [0.05, 0.1) is 11.2 Å². The van der Waals surface area contributed by atoms with Crippen LogP contribution in [0.15, 0.2) is 35.7 Å². The first-order valence-electron chi connectivity index (χ1n) is 9.35. The van der Waals surface area contributed by atoms with E-state index in [0.29, 0.717) is 28.9 Å². The van der Waals surface area contributed by atoms with Gasteiger partial charge in [-0.15, -0.1) is 16.4 Å². The summed E-state index contributed by atoms with van der Waals surface area (Å²) >= 11 is 0.553. The minimum absolute atomic E-state index is 0.196. The van der Waals surface area contributed by atoms with E-state index < -0.39 is 17.0 Å². The van der Waals surface area contributed by atoms with Crippen molar-refractivity contribution in [1.29, 1.82) is 0 Å². The Morgan fingerprint density at radius 1 is 1.21 bits per heavy atom. The van der Waals surface area contributed by atoms with Crippen LogP contribution in [-0.4, -0.2) is 40.7 Å². The molecule has 3 aromatic heterocycles. The van der Waals surface area contributed by atoms with E-state index in [4.69, 9.17) is 0 Å². The summed E-state index contributed by atoms with van der Waals surface area (Å²) in [5, 5.41) is 11.8. The Labute approximate surface area is 168 Å². The zero-order valence-electron chi connectivity index (χ0n) is 15.2. The van der Waals surface area contributed by atoms with Crippen LogP contribution in [0.25, 0.3) is 5.52 Å². The molecule has 2 bridgehead atoms. The van der Waals surface area contributed by atoms with Crippen molar-refractivity contribution < 1.29 is 18.0 Å². The third-order valence-corrected chi connectivity index (χ3v) is 6.50. The number of aromatic nitrogens is 2. The molecule has 6 heterocycles. The summed E-state index contributed by atoms with van der Waals surface area (Å²) in [6.45, 7) is 1.76. The van der Waals surface area contributed by atoms with Gasteiger partial charge in [0.1, 0.15) is 16.4 Å². The van der Waals surface area contributed by atoms with E-state index >= 15 is 0 Å². The van der Waals surface area contributed by atoms with Crippen LogP contribution in [0.5, 0.6) is 0 Å². The second-order valence-electron chi connectivity index (χ2n) is 7.35. The lowest BCUT2D eigenvalue weighted by molar-refractivity contribution is -0.133. The fourth-order valence-corrected chi connectivity index (χ4v) is 4.83. The highest BCUT2D eigenvalue weighted by Gasteiger charge is 2.36. The molecule has 152 valence electrons. The third kappa shape index (κ3) is 3.25. The van der Waals surface area contributed by atoms with Crippen LogP contribution in [0.2, 0.25) is 0 Å². The quantitative estimate of drug-likeness (QED) is 0.678. The summed E-state index contributed by atoms with van der Waals surface area (Å²) in [4.78, 5) is 14.1. The molecule has 0 aromatic carbocycles. The van der Waals surface area contributed by atoms with Gasteiger partial charge in [-0.1, -0.05) is 0 Å². The number of piperazine rings is 1. The Morgan fingerprint density at radius 2 is 2.03 bits per heavy atom. The number of rotatable bonds is 3. The van der Waals surface area contributed by atoms with Gasteiger partial charge >= 0.3 is 6.18 Å². The van der Waals surface area contributed by atoms with E-state index in [-0.39, 0.29) is 11.4 Å². The van der Waals surface area contributed by atoms with Gasteiger partial charge in [-0.3, -0.25) is 4.79 Å². The molecule has 3 fully saturated rings. The van der Waals surface area contributed by atoms with E-state index in [9.17, 15) is 18.0 Å². The number of halogens is 3. The van der Waals surface area contributed by atoms with Crippen molar-refractivity contribution in [2.24, 2.45) is 0 Å². The number of anilines is 2. The van der Waals surface area contributed by atoms with Crippen LogP contribution in [0.1, 0.15) is 28.2 Å². The van der Waals surface area contributed by atoms with Crippen LogP contribution < -0.4 is 15.5 Å². The van der Waals surface area contributed by atoms with Gasteiger partial charge in [0.2, 0.25) is 0 Å². The summed E-state index contributed by atoms with van der Waals surface area (Å²) in [7, 11) is 0. The average molecular weight is 421 g/mol. The van der Waals surface area contributed by atoms with E-state index in [1.807, 2.05) is 12.1 Å². The van der Waals surface area contributed by atoms with Gasteiger partial charge in [-0.05, 0) is 48.6 Å². The topological polar surface area (TPSA) is 61.7 Å². The van der Waals surface area contributed by atoms with Crippen LogP contribution >= 0.6 is 11.3 Å². The molecule has 10 heteroatoms. The maximum Gasteiger partial charge on any atom is 0.427 e. The summed E-state index contributed by atoms with van der Waals surface area (Å²) in [6.07, 6.45) is -2.28. The van der Waals surface area contributed by atoms with Crippen LogP contribution in [0.3, 0.4) is 0 Å². The van der Waals surface area contributed by atoms with Crippen molar-refractivity contribution >= 4 is 34.3 Å². The smallest absolute Gasteiger partial charge is 0.349 e. The number of fused-ring (bicyclic) bond motifs is 4. The van der Waals surface area contributed by atoms with Crippen LogP contribution in [0, 0.1) is 0 Å². The molecule has 0 spiro atoms. The Hall–Kier alpha value is -2.59. The molecule has 3 aromatic rings. The lowest BCUT2D eigenvalue weighted by Gasteiger charge is -2.46. The zero-order valence-corrected chi connectivity index (χ0v) is 16.1. The largest absolute Gasteiger partial charge is 0.427 e. The predicted molar refractivity (Wildman–Crippen MR) is 105 cm³/mol. The fraction of sp³-hybridized carbons (Fsp3) is 0.368. The van der Waals surface area contributed by atoms with Gasteiger partial charge in [-0.25, -0.2) is 4.52 Å². The number of hydrogen-bond donors (Lipinski definition) is 2. The number of thiophene rings is 1. The van der Waals surface area contributed by atoms with Gasteiger partial charge in [0, 0.05) is 25.2 Å². The number of hydrogen-bond acceptors (Lipinski definition) is 5. The molecule has 0 aliphatic carbocycles. The Morgan fingerprint density at radius 3 is 2.72 bits per heavy atom. The molecule has 0 radical (unpaired) electrons. The average Bonchev–Trinajstić information content (AvgIpc) is 3.35. The van der Waals surface area contributed by atoms with Crippen molar-refractivity contribution in [3.63, 3.8) is 0 Å². The van der Waals surface area contributed by atoms with Crippen molar-refractivity contribution in [3.05, 3.63) is 46.3 Å². The first-order chi connectivity index (χ1) is 13.9. The van der Waals surface area contributed by atoms with E-state index in [1.54, 1.807) is 12.1 Å². The van der Waals surface area contributed by atoms with Crippen molar-refractivity contribution in [2.45, 2.75) is 31.1 Å². The Kier molecular flexibility index (Phi) is 4.28. The van der Waals surface area contributed by atoms with Gasteiger partial charge in [-0.2, -0.15) is 13.2 Å². The molecule has 29 heavy (non-hydrogen) atoms. The zero-order chi connectivity index (χ0) is 20.2. The number of carbonyl (C=O) groups excluding carboxylic acids is 1. The molecular formula is C19H18F3N5OS. The van der Waals surface area contributed by atoms with Gasteiger partial charge in [0.15, 0.2) is 0 Å². The molecule has 2 atom stereocenters. The van der Waals surface area contributed by atoms with Crippen molar-refractivity contribution in [1.82, 2.24) is 14.9 Å². The molecule has 1 unspecified atom stereocenters. The number of piperidine rings is 2. The summed E-state index contributed by atoms with van der Waals surface area (Å²) in [6, 6.07) is 9.16. The number of nitrogens with one attached hydrogen (secondary N) is 2. The SMILES string of the molecule is O=C(Nc1ccsc1C(F)(F)F)c1ccc2ccc(N3C[C@@H]4CCC3CN4)nn12. The Balaban J connectivity index is 1.45. The summed E-state index contributed by atoms with van der Waals surface area (Å²) in [5.74, 6) is 0.144. The van der Waals surface area contributed by atoms with Crippen LogP contribution in [-0.2, 0) is 6.18 Å². The number of nitrogens with zero attached hydrogens (tertiary/aromatic N) is 3. The lowest BCUT2D eigenvalue weighted by Crippen LogP contribution is -2.61. The molecule has 1 amide bonds. The number of amides is 1.